The Bertz CT molecular complexity index is 1190. The molecule has 168 valence electrons. The van der Waals surface area contributed by atoms with Crippen LogP contribution in [0.25, 0.3) is 0 Å². The summed E-state index contributed by atoms with van der Waals surface area (Å²) in [6.45, 7) is 0.206. The Morgan fingerprint density at radius 1 is 1.06 bits per heavy atom. The zero-order chi connectivity index (χ0) is 23.4. The van der Waals surface area contributed by atoms with Gasteiger partial charge < -0.3 is 9.73 Å². The smallest absolute Gasteiger partial charge is 0.305 e. The van der Waals surface area contributed by atoms with Gasteiger partial charge >= 0.3 is 5.91 Å². The summed E-state index contributed by atoms with van der Waals surface area (Å²) in [5.41, 5.74) is 3.95. The van der Waals surface area contributed by atoms with Crippen molar-refractivity contribution >= 4 is 52.3 Å². The Morgan fingerprint density at radius 3 is 2.55 bits per heavy atom. The van der Waals surface area contributed by atoms with Crippen molar-refractivity contribution in [3.05, 3.63) is 89.3 Å². The SMILES string of the molecule is O=C(CC1C(=O)N(Cc2ccccc2)C(=S)N1NC(=O)c1ccco1)Nc1cccc(Cl)c1. The highest BCUT2D eigenvalue weighted by molar-refractivity contribution is 7.80. The molecule has 0 radical (unpaired) electrons. The fourth-order valence-electron chi connectivity index (χ4n) is 3.39. The van der Waals surface area contributed by atoms with E-state index in [1.165, 1.54) is 22.2 Å². The van der Waals surface area contributed by atoms with E-state index in [-0.39, 0.29) is 23.8 Å². The average Bonchev–Trinajstić information content (AvgIpc) is 3.40. The van der Waals surface area contributed by atoms with E-state index in [0.29, 0.717) is 10.7 Å². The lowest BCUT2D eigenvalue weighted by Crippen LogP contribution is -2.49. The van der Waals surface area contributed by atoms with Crippen LogP contribution in [0, 0.1) is 0 Å². The van der Waals surface area contributed by atoms with E-state index in [1.54, 1.807) is 30.3 Å². The van der Waals surface area contributed by atoms with Gasteiger partial charge in [-0.15, -0.1) is 0 Å². The highest BCUT2D eigenvalue weighted by Crippen LogP contribution is 2.23. The van der Waals surface area contributed by atoms with Crippen LogP contribution in [0.4, 0.5) is 5.69 Å². The Morgan fingerprint density at radius 2 is 1.85 bits per heavy atom. The monoisotopic (exact) mass is 482 g/mol. The van der Waals surface area contributed by atoms with E-state index in [4.69, 9.17) is 28.2 Å². The van der Waals surface area contributed by atoms with Crippen LogP contribution in [0.1, 0.15) is 22.5 Å². The number of carbonyl (C=O) groups is 3. The van der Waals surface area contributed by atoms with Gasteiger partial charge in [0.05, 0.1) is 19.2 Å². The molecule has 1 unspecified atom stereocenters. The van der Waals surface area contributed by atoms with Gasteiger partial charge in [-0.05, 0) is 48.1 Å². The number of nitrogens with one attached hydrogen (secondary N) is 2. The zero-order valence-corrected chi connectivity index (χ0v) is 18.8. The van der Waals surface area contributed by atoms with Crippen molar-refractivity contribution in [3.8, 4) is 0 Å². The van der Waals surface area contributed by atoms with Crippen LogP contribution < -0.4 is 10.7 Å². The Kier molecular flexibility index (Phi) is 6.71. The van der Waals surface area contributed by atoms with Crippen LogP contribution in [0.2, 0.25) is 5.02 Å². The second-order valence-corrected chi connectivity index (χ2v) is 8.06. The molecule has 2 N–H and O–H groups in total. The van der Waals surface area contributed by atoms with Crippen LogP contribution in [-0.4, -0.2) is 38.8 Å². The Balaban J connectivity index is 1.54. The van der Waals surface area contributed by atoms with Gasteiger partial charge in [0.25, 0.3) is 5.91 Å². The maximum Gasteiger partial charge on any atom is 0.305 e. The number of anilines is 1. The molecule has 1 fully saturated rings. The quantitative estimate of drug-likeness (QED) is 0.500. The number of amides is 3. The lowest BCUT2D eigenvalue weighted by atomic mass is 10.1. The third-order valence-electron chi connectivity index (χ3n) is 4.94. The first-order valence-electron chi connectivity index (χ1n) is 10.0. The van der Waals surface area contributed by atoms with Gasteiger partial charge in [0, 0.05) is 10.7 Å². The number of hydrogen-bond donors (Lipinski definition) is 2. The molecule has 4 rings (SSSR count). The van der Waals surface area contributed by atoms with Crippen molar-refractivity contribution in [2.75, 3.05) is 5.32 Å². The van der Waals surface area contributed by atoms with Crippen LogP contribution >= 0.6 is 23.8 Å². The molecule has 0 aliphatic carbocycles. The fraction of sp³-hybridized carbons (Fsp3) is 0.130. The normalized spacial score (nSPS) is 15.6. The first kappa shape index (κ1) is 22.5. The van der Waals surface area contributed by atoms with Crippen LogP contribution in [0.3, 0.4) is 0 Å². The standard InChI is InChI=1S/C23H19ClN4O4S/c24-16-8-4-9-17(12-16)25-20(29)13-18-22(31)27(14-15-6-2-1-3-7-15)23(33)28(18)26-21(30)19-10-5-11-32-19/h1-12,18H,13-14H2,(H,25,29)(H,26,30). The number of halogens is 1. The molecule has 1 atom stereocenters. The second-order valence-electron chi connectivity index (χ2n) is 7.26. The third-order valence-corrected chi connectivity index (χ3v) is 5.59. The summed E-state index contributed by atoms with van der Waals surface area (Å²) in [7, 11) is 0. The summed E-state index contributed by atoms with van der Waals surface area (Å²) in [6.07, 6.45) is 1.12. The summed E-state index contributed by atoms with van der Waals surface area (Å²) in [5.74, 6) is -1.37. The van der Waals surface area contributed by atoms with E-state index in [1.807, 2.05) is 30.3 Å². The molecule has 2 heterocycles. The van der Waals surface area contributed by atoms with Gasteiger partial charge in [-0.1, -0.05) is 48.0 Å². The fourth-order valence-corrected chi connectivity index (χ4v) is 3.91. The zero-order valence-electron chi connectivity index (χ0n) is 17.2. The highest BCUT2D eigenvalue weighted by atomic mass is 35.5. The van der Waals surface area contributed by atoms with Gasteiger partial charge in [0.2, 0.25) is 5.91 Å². The lowest BCUT2D eigenvalue weighted by Gasteiger charge is -2.23. The molecule has 8 nitrogen and oxygen atoms in total. The predicted octanol–water partition coefficient (Wildman–Crippen LogP) is 3.60. The summed E-state index contributed by atoms with van der Waals surface area (Å²) >= 11 is 11.5. The molecule has 1 aromatic heterocycles. The predicted molar refractivity (Wildman–Crippen MR) is 126 cm³/mol. The van der Waals surface area contributed by atoms with Crippen molar-refractivity contribution in [2.24, 2.45) is 0 Å². The molecule has 0 saturated carbocycles. The molecule has 33 heavy (non-hydrogen) atoms. The second kappa shape index (κ2) is 9.85. The highest BCUT2D eigenvalue weighted by Gasteiger charge is 2.44. The topological polar surface area (TPSA) is 94.9 Å². The molecule has 1 saturated heterocycles. The van der Waals surface area contributed by atoms with Gasteiger partial charge in [-0.2, -0.15) is 0 Å². The van der Waals surface area contributed by atoms with Crippen molar-refractivity contribution in [2.45, 2.75) is 19.0 Å². The van der Waals surface area contributed by atoms with E-state index < -0.39 is 23.8 Å². The number of benzene rings is 2. The molecule has 2 aromatic carbocycles. The largest absolute Gasteiger partial charge is 0.459 e. The van der Waals surface area contributed by atoms with E-state index in [0.717, 1.165) is 5.56 Å². The van der Waals surface area contributed by atoms with Crippen molar-refractivity contribution in [1.82, 2.24) is 15.3 Å². The van der Waals surface area contributed by atoms with E-state index in [9.17, 15) is 14.4 Å². The summed E-state index contributed by atoms with van der Waals surface area (Å²) in [6, 6.07) is 18.0. The first-order chi connectivity index (χ1) is 15.9. The Hall–Kier alpha value is -3.69. The lowest BCUT2D eigenvalue weighted by molar-refractivity contribution is -0.131. The molecular weight excluding hydrogens is 464 g/mol. The van der Waals surface area contributed by atoms with Crippen LogP contribution in [0.15, 0.2) is 77.4 Å². The minimum absolute atomic E-state index is 0.0499. The molecule has 1 aliphatic heterocycles. The minimum Gasteiger partial charge on any atom is -0.459 e. The molecule has 3 aromatic rings. The number of nitrogens with zero attached hydrogens (tertiary/aromatic N) is 2. The van der Waals surface area contributed by atoms with Gasteiger partial charge in [-0.3, -0.25) is 24.7 Å². The summed E-state index contributed by atoms with van der Waals surface area (Å²) < 4.78 is 5.12. The minimum atomic E-state index is -1.03. The Labute approximate surface area is 200 Å². The van der Waals surface area contributed by atoms with Gasteiger partial charge in [0.1, 0.15) is 6.04 Å². The van der Waals surface area contributed by atoms with Crippen molar-refractivity contribution < 1.29 is 18.8 Å². The number of furan rings is 1. The molecule has 1 aliphatic rings. The first-order valence-corrected chi connectivity index (χ1v) is 10.8. The average molecular weight is 483 g/mol. The molecular formula is C23H19ClN4O4S. The molecule has 0 spiro atoms. The molecule has 0 bridgehead atoms. The number of thiocarbonyl (C=S) groups is 1. The van der Waals surface area contributed by atoms with Crippen LogP contribution in [0.5, 0.6) is 0 Å². The molecule has 10 heteroatoms. The van der Waals surface area contributed by atoms with Crippen molar-refractivity contribution in [1.29, 1.82) is 0 Å². The summed E-state index contributed by atoms with van der Waals surface area (Å²) in [4.78, 5) is 39.9. The van der Waals surface area contributed by atoms with E-state index >= 15 is 0 Å². The number of hydrazine groups is 1. The maximum atomic E-state index is 13.3. The van der Waals surface area contributed by atoms with Gasteiger partial charge in [-0.25, -0.2) is 5.01 Å². The third kappa shape index (κ3) is 5.21. The van der Waals surface area contributed by atoms with Crippen LogP contribution in [-0.2, 0) is 16.1 Å². The summed E-state index contributed by atoms with van der Waals surface area (Å²) in [5, 5.41) is 4.51. The van der Waals surface area contributed by atoms with Gasteiger partial charge in [0.15, 0.2) is 10.9 Å². The maximum absolute atomic E-state index is 13.3. The number of hydrogen-bond acceptors (Lipinski definition) is 5. The van der Waals surface area contributed by atoms with E-state index in [2.05, 4.69) is 10.7 Å². The van der Waals surface area contributed by atoms with Crippen molar-refractivity contribution in [3.63, 3.8) is 0 Å². The molecule has 3 amide bonds. The number of rotatable bonds is 7. The number of carbonyl (C=O) groups excluding carboxylic acids is 3.